The molecule has 1 fully saturated rings. The lowest BCUT2D eigenvalue weighted by molar-refractivity contribution is -0.0767. The van der Waals surface area contributed by atoms with E-state index in [0.29, 0.717) is 6.54 Å². The number of morpholine rings is 1. The van der Waals surface area contributed by atoms with Crippen LogP contribution >= 0.6 is 0 Å². The smallest absolute Gasteiger partial charge is 0.0917 e. The first-order valence-electron chi connectivity index (χ1n) is 6.67. The van der Waals surface area contributed by atoms with Crippen molar-refractivity contribution in [1.82, 2.24) is 4.90 Å². The summed E-state index contributed by atoms with van der Waals surface area (Å²) in [6, 6.07) is 8.09. The molecule has 1 aliphatic heterocycles. The second kappa shape index (κ2) is 5.83. The predicted octanol–water partition coefficient (Wildman–Crippen LogP) is 2.14. The lowest BCUT2D eigenvalue weighted by Crippen LogP contribution is -2.46. The van der Waals surface area contributed by atoms with Gasteiger partial charge in [0.15, 0.2) is 0 Å². The molecule has 100 valence electrons. The Balaban J connectivity index is 1.96. The Morgan fingerprint density at radius 2 is 2.00 bits per heavy atom. The van der Waals surface area contributed by atoms with Gasteiger partial charge in [0.25, 0.3) is 0 Å². The van der Waals surface area contributed by atoms with Gasteiger partial charge < -0.3 is 9.84 Å². The van der Waals surface area contributed by atoms with E-state index in [0.717, 1.165) is 18.7 Å². The van der Waals surface area contributed by atoms with E-state index in [1.54, 1.807) is 0 Å². The molecule has 3 nitrogen and oxygen atoms in total. The fraction of sp³-hybridized carbons (Fsp3) is 0.600. The van der Waals surface area contributed by atoms with Crippen molar-refractivity contribution in [3.05, 3.63) is 35.4 Å². The van der Waals surface area contributed by atoms with Crippen molar-refractivity contribution < 1.29 is 9.84 Å². The fourth-order valence-electron chi connectivity index (χ4n) is 2.66. The zero-order valence-electron chi connectivity index (χ0n) is 11.5. The summed E-state index contributed by atoms with van der Waals surface area (Å²) < 4.78 is 5.70. The molecule has 18 heavy (non-hydrogen) atoms. The van der Waals surface area contributed by atoms with E-state index in [4.69, 9.17) is 4.74 Å². The molecule has 1 aromatic rings. The van der Waals surface area contributed by atoms with E-state index in [1.165, 1.54) is 5.56 Å². The lowest BCUT2D eigenvalue weighted by atomic mass is 10.1. The topological polar surface area (TPSA) is 32.7 Å². The number of hydrogen-bond donors (Lipinski definition) is 1. The maximum Gasteiger partial charge on any atom is 0.0917 e. The number of ether oxygens (including phenoxy) is 1. The van der Waals surface area contributed by atoms with Gasteiger partial charge in [-0.25, -0.2) is 0 Å². The highest BCUT2D eigenvalue weighted by Gasteiger charge is 2.24. The van der Waals surface area contributed by atoms with E-state index in [9.17, 15) is 5.11 Å². The molecule has 0 spiro atoms. The number of rotatable bonds is 3. The Hall–Kier alpha value is -0.900. The van der Waals surface area contributed by atoms with E-state index in [2.05, 4.69) is 37.8 Å². The summed E-state index contributed by atoms with van der Waals surface area (Å²) >= 11 is 0. The Morgan fingerprint density at radius 1 is 1.33 bits per heavy atom. The highest BCUT2D eigenvalue weighted by molar-refractivity contribution is 5.24. The van der Waals surface area contributed by atoms with Crippen molar-refractivity contribution in [3.63, 3.8) is 0 Å². The van der Waals surface area contributed by atoms with Gasteiger partial charge in [0, 0.05) is 19.6 Å². The van der Waals surface area contributed by atoms with E-state index in [-0.39, 0.29) is 12.2 Å². The van der Waals surface area contributed by atoms with Crippen molar-refractivity contribution in [2.75, 3.05) is 19.6 Å². The van der Waals surface area contributed by atoms with Crippen LogP contribution < -0.4 is 0 Å². The average Bonchev–Trinajstić information content (AvgIpc) is 2.27. The highest BCUT2D eigenvalue weighted by atomic mass is 16.5. The van der Waals surface area contributed by atoms with Gasteiger partial charge >= 0.3 is 0 Å². The maximum atomic E-state index is 10.3. The van der Waals surface area contributed by atoms with Gasteiger partial charge in [0.1, 0.15) is 0 Å². The minimum atomic E-state index is -0.414. The molecule has 1 saturated heterocycles. The maximum absolute atomic E-state index is 10.3. The molecule has 1 aliphatic rings. The predicted molar refractivity (Wildman–Crippen MR) is 72.6 cm³/mol. The number of aryl methyl sites for hydroxylation is 1. The molecule has 0 bridgehead atoms. The number of benzene rings is 1. The van der Waals surface area contributed by atoms with Crippen molar-refractivity contribution in [2.24, 2.45) is 0 Å². The van der Waals surface area contributed by atoms with Crippen LogP contribution in [0.4, 0.5) is 0 Å². The minimum absolute atomic E-state index is 0.249. The summed E-state index contributed by atoms with van der Waals surface area (Å²) in [4.78, 5) is 2.28. The van der Waals surface area contributed by atoms with E-state index in [1.807, 2.05) is 12.1 Å². The fourth-order valence-corrected chi connectivity index (χ4v) is 2.66. The van der Waals surface area contributed by atoms with E-state index >= 15 is 0 Å². The Morgan fingerprint density at radius 3 is 2.61 bits per heavy atom. The molecule has 1 aromatic carbocycles. The third-order valence-electron chi connectivity index (χ3n) is 3.35. The van der Waals surface area contributed by atoms with E-state index < -0.39 is 6.10 Å². The molecule has 0 radical (unpaired) electrons. The number of aliphatic hydroxyl groups excluding tert-OH is 1. The molecule has 1 heterocycles. The molecule has 1 N–H and O–H groups in total. The first-order chi connectivity index (χ1) is 8.54. The van der Waals surface area contributed by atoms with Gasteiger partial charge in [-0.3, -0.25) is 4.90 Å². The summed E-state index contributed by atoms with van der Waals surface area (Å²) in [7, 11) is 0. The zero-order valence-corrected chi connectivity index (χ0v) is 11.5. The molecular formula is C15H23NO2. The normalized spacial score (nSPS) is 27.1. The van der Waals surface area contributed by atoms with Crippen LogP contribution in [0, 0.1) is 6.92 Å². The quantitative estimate of drug-likeness (QED) is 0.891. The molecule has 3 atom stereocenters. The van der Waals surface area contributed by atoms with Crippen molar-refractivity contribution in [3.8, 4) is 0 Å². The van der Waals surface area contributed by atoms with Gasteiger partial charge in [-0.1, -0.05) is 29.8 Å². The third-order valence-corrected chi connectivity index (χ3v) is 3.35. The number of aliphatic hydroxyl groups is 1. The Labute approximate surface area is 109 Å². The SMILES string of the molecule is Cc1cccc(C(O)CN2C[C@@H](C)O[C@@H](C)C2)c1. The lowest BCUT2D eigenvalue weighted by Gasteiger charge is -2.36. The highest BCUT2D eigenvalue weighted by Crippen LogP contribution is 2.18. The molecule has 0 saturated carbocycles. The minimum Gasteiger partial charge on any atom is -0.387 e. The van der Waals surface area contributed by atoms with Crippen molar-refractivity contribution in [2.45, 2.75) is 39.1 Å². The standard InChI is InChI=1S/C15H23NO2/c1-11-5-4-6-14(7-11)15(17)10-16-8-12(2)18-13(3)9-16/h4-7,12-13,15,17H,8-10H2,1-3H3/t12-,13+,15?. The molecule has 3 heteroatoms. The average molecular weight is 249 g/mol. The van der Waals surface area contributed by atoms with Crippen LogP contribution in [0.25, 0.3) is 0 Å². The second-order valence-corrected chi connectivity index (χ2v) is 5.41. The van der Waals surface area contributed by atoms with Gasteiger partial charge in [-0.15, -0.1) is 0 Å². The van der Waals surface area contributed by atoms with Crippen LogP contribution in [-0.2, 0) is 4.74 Å². The number of nitrogens with zero attached hydrogens (tertiary/aromatic N) is 1. The summed E-state index contributed by atoms with van der Waals surface area (Å²) in [6.07, 6.45) is 0.0827. The first-order valence-corrected chi connectivity index (χ1v) is 6.67. The zero-order chi connectivity index (χ0) is 13.1. The van der Waals surface area contributed by atoms with Crippen LogP contribution in [0.15, 0.2) is 24.3 Å². The summed E-state index contributed by atoms with van der Waals surface area (Å²) in [5.74, 6) is 0. The molecule has 0 aliphatic carbocycles. The first kappa shape index (κ1) is 13.5. The summed E-state index contributed by atoms with van der Waals surface area (Å²) in [6.45, 7) is 8.69. The summed E-state index contributed by atoms with van der Waals surface area (Å²) in [5.41, 5.74) is 2.19. The monoisotopic (exact) mass is 249 g/mol. The van der Waals surface area contributed by atoms with Gasteiger partial charge in [0.05, 0.1) is 18.3 Å². The van der Waals surface area contributed by atoms with Crippen LogP contribution in [0.2, 0.25) is 0 Å². The number of hydrogen-bond acceptors (Lipinski definition) is 3. The van der Waals surface area contributed by atoms with Crippen LogP contribution in [-0.4, -0.2) is 41.8 Å². The van der Waals surface area contributed by atoms with Gasteiger partial charge in [-0.05, 0) is 26.3 Å². The van der Waals surface area contributed by atoms with Crippen LogP contribution in [0.1, 0.15) is 31.1 Å². The molecular weight excluding hydrogens is 226 g/mol. The number of β-amino-alcohol motifs (C(OH)–C–C–N with tert-alkyl or cyclic N) is 1. The van der Waals surface area contributed by atoms with Crippen LogP contribution in [0.5, 0.6) is 0 Å². The molecule has 2 rings (SSSR count). The van der Waals surface area contributed by atoms with Crippen LogP contribution in [0.3, 0.4) is 0 Å². The summed E-state index contributed by atoms with van der Waals surface area (Å²) in [5, 5.41) is 10.3. The van der Waals surface area contributed by atoms with Gasteiger partial charge in [0.2, 0.25) is 0 Å². The Bertz CT molecular complexity index is 384. The third kappa shape index (κ3) is 3.55. The molecule has 1 unspecified atom stereocenters. The van der Waals surface area contributed by atoms with Gasteiger partial charge in [-0.2, -0.15) is 0 Å². The van der Waals surface area contributed by atoms with Crippen molar-refractivity contribution in [1.29, 1.82) is 0 Å². The van der Waals surface area contributed by atoms with Crippen molar-refractivity contribution >= 4 is 0 Å². The molecule has 0 aromatic heterocycles. The molecule has 0 amide bonds. The Kier molecular flexibility index (Phi) is 4.38. The largest absolute Gasteiger partial charge is 0.387 e. The second-order valence-electron chi connectivity index (χ2n) is 5.41.